The molecule has 0 atom stereocenters. The maximum Gasteiger partial charge on any atom is 0.230 e. The number of nitrogens with zero attached hydrogens (tertiary/aromatic N) is 3. The lowest BCUT2D eigenvalue weighted by molar-refractivity contribution is 0.911. The molecule has 0 aliphatic rings. The number of rotatable bonds is 4. The summed E-state index contributed by atoms with van der Waals surface area (Å²) in [4.78, 5) is 10.9. The summed E-state index contributed by atoms with van der Waals surface area (Å²) in [5, 5.41) is 0. The summed E-state index contributed by atoms with van der Waals surface area (Å²) >= 11 is 2.31. The van der Waals surface area contributed by atoms with Crippen molar-refractivity contribution in [3.05, 3.63) is 82.2 Å². The van der Waals surface area contributed by atoms with Crippen LogP contribution in [0.1, 0.15) is 5.56 Å². The van der Waals surface area contributed by atoms with Gasteiger partial charge in [-0.1, -0.05) is 30.3 Å². The molecular formula is C17H14IN3. The molecule has 3 aromatic rings. The standard InChI is InChI=1S/C17H14IN3/c18-15-7-9-16(10-8-15)21(17-19-11-4-12-20-17)13-14-5-2-1-3-6-14/h1-12H,13H2. The van der Waals surface area contributed by atoms with Crippen LogP contribution < -0.4 is 4.90 Å². The lowest BCUT2D eigenvalue weighted by Gasteiger charge is -2.22. The van der Waals surface area contributed by atoms with Gasteiger partial charge < -0.3 is 4.90 Å². The zero-order valence-electron chi connectivity index (χ0n) is 11.4. The number of benzene rings is 2. The van der Waals surface area contributed by atoms with Crippen LogP contribution in [0.3, 0.4) is 0 Å². The minimum absolute atomic E-state index is 0.711. The molecule has 0 saturated heterocycles. The molecule has 0 N–H and O–H groups in total. The summed E-state index contributed by atoms with van der Waals surface area (Å²) in [6.07, 6.45) is 3.54. The van der Waals surface area contributed by atoms with Crippen LogP contribution in [0.15, 0.2) is 73.1 Å². The molecule has 0 unspecified atom stereocenters. The van der Waals surface area contributed by atoms with Crippen LogP contribution in [-0.2, 0) is 6.54 Å². The Bertz CT molecular complexity index is 684. The van der Waals surface area contributed by atoms with Gasteiger partial charge in [-0.3, -0.25) is 0 Å². The zero-order chi connectivity index (χ0) is 14.5. The van der Waals surface area contributed by atoms with Crippen molar-refractivity contribution in [1.82, 2.24) is 9.97 Å². The van der Waals surface area contributed by atoms with Gasteiger partial charge in [0.25, 0.3) is 0 Å². The predicted octanol–water partition coefficient (Wildman–Crippen LogP) is 4.42. The van der Waals surface area contributed by atoms with Crippen LogP contribution in [0.25, 0.3) is 0 Å². The Balaban J connectivity index is 1.97. The highest BCUT2D eigenvalue weighted by atomic mass is 127. The second-order valence-corrected chi connectivity index (χ2v) is 5.84. The van der Waals surface area contributed by atoms with E-state index >= 15 is 0 Å². The van der Waals surface area contributed by atoms with Gasteiger partial charge in [0, 0.05) is 21.7 Å². The van der Waals surface area contributed by atoms with E-state index in [2.05, 4.69) is 73.9 Å². The highest BCUT2D eigenvalue weighted by molar-refractivity contribution is 14.1. The lowest BCUT2D eigenvalue weighted by atomic mass is 10.2. The summed E-state index contributed by atoms with van der Waals surface area (Å²) in [6, 6.07) is 20.6. The van der Waals surface area contributed by atoms with Crippen molar-refractivity contribution < 1.29 is 0 Å². The molecule has 0 saturated carbocycles. The zero-order valence-corrected chi connectivity index (χ0v) is 13.5. The molecule has 0 bridgehead atoms. The van der Waals surface area contributed by atoms with Gasteiger partial charge in [0.2, 0.25) is 5.95 Å². The summed E-state index contributed by atoms with van der Waals surface area (Å²) in [5.41, 5.74) is 2.31. The number of halogens is 1. The van der Waals surface area contributed by atoms with E-state index in [1.807, 2.05) is 24.3 Å². The van der Waals surface area contributed by atoms with Crippen molar-refractivity contribution in [3.8, 4) is 0 Å². The molecule has 0 spiro atoms. The van der Waals surface area contributed by atoms with Crippen LogP contribution in [0, 0.1) is 3.57 Å². The van der Waals surface area contributed by atoms with Crippen molar-refractivity contribution in [2.24, 2.45) is 0 Å². The molecule has 1 heterocycles. The average Bonchev–Trinajstić information content (AvgIpc) is 2.55. The maximum absolute atomic E-state index is 4.39. The van der Waals surface area contributed by atoms with Crippen molar-refractivity contribution in [2.45, 2.75) is 6.54 Å². The monoisotopic (exact) mass is 387 g/mol. The molecule has 2 aromatic carbocycles. The molecule has 21 heavy (non-hydrogen) atoms. The second-order valence-electron chi connectivity index (χ2n) is 4.60. The van der Waals surface area contributed by atoms with Gasteiger partial charge in [0.15, 0.2) is 0 Å². The van der Waals surface area contributed by atoms with Crippen LogP contribution >= 0.6 is 22.6 Å². The van der Waals surface area contributed by atoms with Crippen molar-refractivity contribution in [2.75, 3.05) is 4.90 Å². The van der Waals surface area contributed by atoms with E-state index in [4.69, 9.17) is 0 Å². The second kappa shape index (κ2) is 6.67. The van der Waals surface area contributed by atoms with E-state index in [0.717, 1.165) is 12.2 Å². The van der Waals surface area contributed by atoms with Gasteiger partial charge in [-0.15, -0.1) is 0 Å². The average molecular weight is 387 g/mol. The third-order valence-corrected chi connectivity index (χ3v) is 3.83. The minimum Gasteiger partial charge on any atom is -0.306 e. The minimum atomic E-state index is 0.711. The van der Waals surface area contributed by atoms with Crippen LogP contribution in [-0.4, -0.2) is 9.97 Å². The summed E-state index contributed by atoms with van der Waals surface area (Å²) in [5.74, 6) is 0.711. The van der Waals surface area contributed by atoms with Crippen LogP contribution in [0.2, 0.25) is 0 Å². The van der Waals surface area contributed by atoms with Crippen molar-refractivity contribution in [1.29, 1.82) is 0 Å². The first kappa shape index (κ1) is 14.0. The Morgan fingerprint density at radius 1 is 0.810 bits per heavy atom. The summed E-state index contributed by atoms with van der Waals surface area (Å²) < 4.78 is 1.21. The van der Waals surface area contributed by atoms with Crippen LogP contribution in [0.4, 0.5) is 11.6 Å². The Morgan fingerprint density at radius 2 is 1.48 bits per heavy atom. The van der Waals surface area contributed by atoms with Gasteiger partial charge >= 0.3 is 0 Å². The highest BCUT2D eigenvalue weighted by Crippen LogP contribution is 2.24. The quantitative estimate of drug-likeness (QED) is 0.621. The first-order valence-electron chi connectivity index (χ1n) is 6.67. The van der Waals surface area contributed by atoms with Crippen molar-refractivity contribution >= 4 is 34.2 Å². The number of anilines is 2. The lowest BCUT2D eigenvalue weighted by Crippen LogP contribution is -2.18. The molecule has 104 valence electrons. The smallest absolute Gasteiger partial charge is 0.230 e. The van der Waals surface area contributed by atoms with Gasteiger partial charge in [-0.2, -0.15) is 0 Å². The molecule has 3 rings (SSSR count). The van der Waals surface area contributed by atoms with Crippen molar-refractivity contribution in [3.63, 3.8) is 0 Å². The van der Waals surface area contributed by atoms with Gasteiger partial charge in [0.1, 0.15) is 0 Å². The van der Waals surface area contributed by atoms with E-state index in [1.54, 1.807) is 12.4 Å². The predicted molar refractivity (Wildman–Crippen MR) is 93.5 cm³/mol. The Labute approximate surface area is 137 Å². The van der Waals surface area contributed by atoms with Crippen LogP contribution in [0.5, 0.6) is 0 Å². The molecule has 0 fully saturated rings. The first-order valence-corrected chi connectivity index (χ1v) is 7.75. The Morgan fingerprint density at radius 3 is 2.14 bits per heavy atom. The number of aromatic nitrogens is 2. The van der Waals surface area contributed by atoms with E-state index < -0.39 is 0 Å². The Kier molecular flexibility index (Phi) is 4.45. The summed E-state index contributed by atoms with van der Waals surface area (Å²) in [6.45, 7) is 0.742. The summed E-state index contributed by atoms with van der Waals surface area (Å²) in [7, 11) is 0. The number of hydrogen-bond acceptors (Lipinski definition) is 3. The third kappa shape index (κ3) is 3.58. The SMILES string of the molecule is Ic1ccc(N(Cc2ccccc2)c2ncccn2)cc1. The van der Waals surface area contributed by atoms with E-state index in [1.165, 1.54) is 9.13 Å². The fourth-order valence-electron chi connectivity index (χ4n) is 2.10. The topological polar surface area (TPSA) is 29.0 Å². The van der Waals surface area contributed by atoms with E-state index in [9.17, 15) is 0 Å². The largest absolute Gasteiger partial charge is 0.306 e. The maximum atomic E-state index is 4.39. The normalized spacial score (nSPS) is 10.3. The Hall–Kier alpha value is -1.95. The van der Waals surface area contributed by atoms with E-state index in [0.29, 0.717) is 5.95 Å². The molecule has 0 radical (unpaired) electrons. The molecule has 4 heteroatoms. The van der Waals surface area contributed by atoms with Gasteiger partial charge in [-0.25, -0.2) is 9.97 Å². The molecule has 0 amide bonds. The molecule has 0 aliphatic carbocycles. The van der Waals surface area contributed by atoms with E-state index in [-0.39, 0.29) is 0 Å². The fraction of sp³-hybridized carbons (Fsp3) is 0.0588. The number of hydrogen-bond donors (Lipinski definition) is 0. The highest BCUT2D eigenvalue weighted by Gasteiger charge is 2.12. The fourth-order valence-corrected chi connectivity index (χ4v) is 2.45. The molecule has 1 aromatic heterocycles. The molecule has 3 nitrogen and oxygen atoms in total. The van der Waals surface area contributed by atoms with Gasteiger partial charge in [-0.05, 0) is 58.5 Å². The molecule has 0 aliphatic heterocycles. The van der Waals surface area contributed by atoms with Gasteiger partial charge in [0.05, 0.1) is 6.54 Å². The molecular weight excluding hydrogens is 373 g/mol. The first-order chi connectivity index (χ1) is 10.3. The third-order valence-electron chi connectivity index (χ3n) is 3.12.